The van der Waals surface area contributed by atoms with Crippen LogP contribution in [0.3, 0.4) is 0 Å². The normalized spacial score (nSPS) is 11.6. The Balaban J connectivity index is 0.00000541. The molecule has 0 aliphatic carbocycles. The van der Waals surface area contributed by atoms with Gasteiger partial charge in [-0.2, -0.15) is 10.4 Å². The Hall–Kier alpha value is -3.19. The predicted octanol–water partition coefficient (Wildman–Crippen LogP) is 0.303. The van der Waals surface area contributed by atoms with Crippen molar-refractivity contribution < 1.29 is 94.6 Å². The molecule has 1 heterocycles. The van der Waals surface area contributed by atoms with E-state index in [1.54, 1.807) is 19.1 Å². The van der Waals surface area contributed by atoms with Crippen LogP contribution in [0.5, 0.6) is 0 Å². The van der Waals surface area contributed by atoms with E-state index in [-0.39, 0.29) is 117 Å². The molecule has 0 spiro atoms. The van der Waals surface area contributed by atoms with Crippen LogP contribution >= 0.6 is 11.6 Å². The summed E-state index contributed by atoms with van der Waals surface area (Å²) >= 11 is 6.73. The van der Waals surface area contributed by atoms with E-state index in [1.807, 2.05) is 32.6 Å². The quantitative estimate of drug-likeness (QED) is 0.105. The number of nitrogens with zero attached hydrogens (tertiary/aromatic N) is 6. The van der Waals surface area contributed by atoms with Crippen molar-refractivity contribution in [3.8, 4) is 11.8 Å². The fourth-order valence-corrected chi connectivity index (χ4v) is 6.67. The van der Waals surface area contributed by atoms with Crippen molar-refractivity contribution in [1.29, 1.82) is 5.26 Å². The average molecular weight is 843 g/mol. The molecule has 3 aromatic carbocycles. The smallest absolute Gasteiger partial charge is 0.748 e. The van der Waals surface area contributed by atoms with E-state index in [9.17, 15) is 40.8 Å². The van der Waals surface area contributed by atoms with E-state index in [0.717, 1.165) is 12.1 Å². The van der Waals surface area contributed by atoms with Gasteiger partial charge >= 0.3 is 59.1 Å². The zero-order valence-electron chi connectivity index (χ0n) is 32.2. The van der Waals surface area contributed by atoms with E-state index in [0.29, 0.717) is 23.5 Å². The van der Waals surface area contributed by atoms with Crippen molar-refractivity contribution in [1.82, 2.24) is 9.78 Å². The van der Waals surface area contributed by atoms with Crippen LogP contribution in [0.25, 0.3) is 5.69 Å². The van der Waals surface area contributed by atoms with Gasteiger partial charge in [-0.25, -0.2) is 21.5 Å². The summed E-state index contributed by atoms with van der Waals surface area (Å²) in [6, 6.07) is 14.7. The minimum atomic E-state index is -4.79. The number of carbonyl (C=O) groups is 2. The number of halogens is 1. The molecule has 21 heteroatoms. The van der Waals surface area contributed by atoms with Gasteiger partial charge in [-0.1, -0.05) is 38.4 Å². The van der Waals surface area contributed by atoms with Crippen molar-refractivity contribution in [2.75, 3.05) is 34.4 Å². The molecule has 286 valence electrons. The molecule has 0 fully saturated rings. The molecule has 4 rings (SSSR count). The number of nitriles is 1. The third kappa shape index (κ3) is 12.7. The molecule has 16 nitrogen and oxygen atoms in total. The Morgan fingerprint density at radius 1 is 1.02 bits per heavy atom. The Bertz CT molecular complexity index is 2410. The first kappa shape index (κ1) is 49.0. The number of carbonyl (C=O) groups excluding carboxylic acids is 2. The monoisotopic (exact) mass is 842 g/mol. The van der Waals surface area contributed by atoms with Gasteiger partial charge in [-0.05, 0) is 74.4 Å². The number of aryl methyl sites for hydroxylation is 1. The molecule has 56 heavy (non-hydrogen) atoms. The molecular weight excluding hydrogens is 806 g/mol. The van der Waals surface area contributed by atoms with Crippen molar-refractivity contribution in [2.45, 2.75) is 58.3 Å². The SMILES string of the molecule is CCN(CCCS(=O)(=O)[O-])c1cc(C)c(N=Nc2c(C#N)c(C(C)(C)C)nn2-c2ccc(NC(=O)c3cccc(S(=O)(=O)[O-])c3)cc2Cl)c(NC(C)=O)c1.[Na+].[Na+]. The number of hydrogen-bond donors (Lipinski definition) is 2. The van der Waals surface area contributed by atoms with E-state index in [4.69, 9.17) is 16.7 Å². The number of anilines is 3. The van der Waals surface area contributed by atoms with E-state index in [2.05, 4.69) is 26.9 Å². The largest absolute Gasteiger partial charge is 1.00 e. The molecule has 0 unspecified atom stereocenters. The molecule has 0 aliphatic heterocycles. The first-order valence-electron chi connectivity index (χ1n) is 16.4. The Morgan fingerprint density at radius 3 is 2.25 bits per heavy atom. The molecule has 2 amide bonds. The summed E-state index contributed by atoms with van der Waals surface area (Å²) in [5, 5.41) is 29.4. The average Bonchev–Trinajstić information content (AvgIpc) is 3.44. The van der Waals surface area contributed by atoms with Crippen molar-refractivity contribution in [3.63, 3.8) is 0 Å². The minimum absolute atomic E-state index is 0. The van der Waals surface area contributed by atoms with Gasteiger partial charge in [-0.3, -0.25) is 9.59 Å². The number of benzene rings is 3. The van der Waals surface area contributed by atoms with E-state index >= 15 is 0 Å². The maximum Gasteiger partial charge on any atom is 1.00 e. The summed E-state index contributed by atoms with van der Waals surface area (Å²) in [4.78, 5) is 26.5. The number of azo groups is 1. The van der Waals surface area contributed by atoms with Gasteiger partial charge in [0.2, 0.25) is 5.91 Å². The number of rotatable bonds is 13. The molecule has 0 saturated heterocycles. The predicted molar refractivity (Wildman–Crippen MR) is 201 cm³/mol. The second-order valence-corrected chi connectivity index (χ2v) is 16.5. The summed E-state index contributed by atoms with van der Waals surface area (Å²) in [5.74, 6) is -1.60. The van der Waals surface area contributed by atoms with Crippen LogP contribution in [0.4, 0.5) is 28.6 Å². The van der Waals surface area contributed by atoms with Gasteiger partial charge < -0.3 is 24.6 Å². The fraction of sp³-hybridized carbons (Fsp3) is 0.314. The molecule has 0 bridgehead atoms. The van der Waals surface area contributed by atoms with Crippen LogP contribution in [0.2, 0.25) is 5.02 Å². The zero-order chi connectivity index (χ0) is 40.2. The topological polar surface area (TPSA) is 242 Å². The minimum Gasteiger partial charge on any atom is -0.748 e. The molecule has 0 aliphatic rings. The van der Waals surface area contributed by atoms with Gasteiger partial charge in [-0.15, -0.1) is 10.2 Å². The van der Waals surface area contributed by atoms with Crippen molar-refractivity contribution >= 4 is 72.2 Å². The summed E-state index contributed by atoms with van der Waals surface area (Å²) in [7, 11) is -9.17. The molecule has 2 N–H and O–H groups in total. The summed E-state index contributed by atoms with van der Waals surface area (Å²) in [6.45, 7) is 11.2. The second kappa shape index (κ2) is 20.0. The summed E-state index contributed by atoms with van der Waals surface area (Å²) < 4.78 is 69.1. The molecular formula is C35H37ClN8Na2O8S2. The third-order valence-corrected chi connectivity index (χ3v) is 9.83. The van der Waals surface area contributed by atoms with E-state index in [1.165, 1.54) is 41.9 Å². The first-order chi connectivity index (χ1) is 25.1. The van der Waals surface area contributed by atoms with Crippen molar-refractivity contribution in [3.05, 3.63) is 82.0 Å². The first-order valence-corrected chi connectivity index (χ1v) is 19.7. The van der Waals surface area contributed by atoms with Crippen molar-refractivity contribution in [2.24, 2.45) is 10.2 Å². The molecule has 0 atom stereocenters. The van der Waals surface area contributed by atoms with Gasteiger partial charge in [0.25, 0.3) is 5.91 Å². The molecule has 0 saturated carbocycles. The summed E-state index contributed by atoms with van der Waals surface area (Å²) in [6.07, 6.45) is 0.103. The van der Waals surface area contributed by atoms with Gasteiger partial charge in [0.05, 0.1) is 37.1 Å². The Morgan fingerprint density at radius 2 is 1.70 bits per heavy atom. The van der Waals surface area contributed by atoms with Gasteiger partial charge in [0.15, 0.2) is 5.82 Å². The number of nitrogens with one attached hydrogen (secondary N) is 2. The molecule has 1 aromatic heterocycles. The van der Waals surface area contributed by atoms with Crippen LogP contribution in [-0.4, -0.2) is 66.4 Å². The number of aromatic nitrogens is 2. The van der Waals surface area contributed by atoms with Crippen LogP contribution < -0.4 is 74.6 Å². The number of amides is 2. The zero-order valence-corrected chi connectivity index (χ0v) is 38.6. The van der Waals surface area contributed by atoms with Gasteiger partial charge in [0, 0.05) is 48.1 Å². The van der Waals surface area contributed by atoms with E-state index < -0.39 is 48.1 Å². The third-order valence-electron chi connectivity index (χ3n) is 7.91. The standard InChI is InChI=1S/C35H39ClN8O8S2.2Na/c1-7-43(14-9-15-53(47,48)49)25-16-21(2)31(29(19-25)38-22(3)45)40-41-33-27(20-37)32(35(4,5)6)42-44(33)30-13-12-24(18-28(30)36)39-34(46)23-10-8-11-26(17-23)54(50,51)52;;/h8,10-13,16-19H,7,9,14-15H2,1-6H3,(H,38,45)(H,39,46)(H,47,48,49)(H,50,51,52);;/q;2*+1/p-2. The maximum atomic E-state index is 12.9. The number of hydrogen-bond acceptors (Lipinski definition) is 13. The fourth-order valence-electron chi connectivity index (χ4n) is 5.41. The summed E-state index contributed by atoms with van der Waals surface area (Å²) in [5.41, 5.74) is 2.03. The van der Waals surface area contributed by atoms with Crippen LogP contribution in [0, 0.1) is 18.3 Å². The van der Waals surface area contributed by atoms with Crippen LogP contribution in [0.15, 0.2) is 69.7 Å². The van der Waals surface area contributed by atoms with Gasteiger partial charge in [0.1, 0.15) is 27.4 Å². The van der Waals surface area contributed by atoms with Crippen LogP contribution in [0.1, 0.15) is 68.2 Å². The molecule has 0 radical (unpaired) electrons. The second-order valence-electron chi connectivity index (χ2n) is 13.2. The Kier molecular flexibility index (Phi) is 17.5. The molecule has 4 aromatic rings. The van der Waals surface area contributed by atoms with Crippen LogP contribution in [-0.2, 0) is 30.4 Å². The maximum absolute atomic E-state index is 12.9. The Labute approximate surface area is 375 Å².